The third-order valence-corrected chi connectivity index (χ3v) is 4.56. The Morgan fingerprint density at radius 2 is 2.00 bits per heavy atom. The molecule has 0 aliphatic carbocycles. The average Bonchev–Trinajstić information content (AvgIpc) is 3.19. The maximum absolute atomic E-state index is 13.9. The topological polar surface area (TPSA) is 77.0 Å². The lowest BCUT2D eigenvalue weighted by atomic mass is 9.90. The van der Waals surface area contributed by atoms with Crippen molar-refractivity contribution < 1.29 is 22.4 Å². The molecule has 11 heteroatoms. The van der Waals surface area contributed by atoms with E-state index in [4.69, 9.17) is 5.73 Å². The summed E-state index contributed by atoms with van der Waals surface area (Å²) in [6.07, 6.45) is -4.36. The first-order valence-electron chi connectivity index (χ1n) is 7.93. The number of aromatic nitrogens is 3. The molecule has 1 saturated heterocycles. The normalized spacial score (nSPS) is 19.9. The number of benzene rings is 1. The van der Waals surface area contributed by atoms with Crippen LogP contribution in [0.15, 0.2) is 24.3 Å². The Bertz CT molecular complexity index is 840. The van der Waals surface area contributed by atoms with Crippen LogP contribution in [0.1, 0.15) is 29.5 Å². The number of alkyl halides is 3. The van der Waals surface area contributed by atoms with Crippen LogP contribution >= 0.6 is 12.4 Å². The number of hydrogen-bond acceptors (Lipinski definition) is 4. The van der Waals surface area contributed by atoms with Gasteiger partial charge in [-0.3, -0.25) is 4.79 Å². The first-order valence-corrected chi connectivity index (χ1v) is 7.93. The van der Waals surface area contributed by atoms with Crippen LogP contribution in [-0.4, -0.2) is 45.4 Å². The van der Waals surface area contributed by atoms with Gasteiger partial charge in [-0.05, 0) is 30.5 Å². The molecule has 1 aliphatic rings. The second-order valence-electron chi connectivity index (χ2n) is 6.64. The van der Waals surface area contributed by atoms with Crippen LogP contribution in [0.5, 0.6) is 0 Å². The van der Waals surface area contributed by atoms with Gasteiger partial charge in [0.05, 0.1) is 0 Å². The number of hydrogen-bond donors (Lipinski definition) is 1. The third kappa shape index (κ3) is 3.91. The smallest absolute Gasteiger partial charge is 0.337 e. The van der Waals surface area contributed by atoms with E-state index in [9.17, 15) is 22.4 Å². The number of rotatable bonds is 3. The minimum absolute atomic E-state index is 0. The fraction of sp³-hybridized carbons (Fsp3) is 0.438. The molecule has 0 saturated carbocycles. The summed E-state index contributed by atoms with van der Waals surface area (Å²) in [7, 11) is 0. The second kappa shape index (κ2) is 7.43. The number of para-hydroxylation sites is 1. The van der Waals surface area contributed by atoms with Gasteiger partial charge in [0.25, 0.3) is 5.91 Å². The lowest BCUT2D eigenvalue weighted by Gasteiger charge is -2.22. The van der Waals surface area contributed by atoms with Gasteiger partial charge in [0.1, 0.15) is 11.5 Å². The van der Waals surface area contributed by atoms with Crippen LogP contribution in [0.3, 0.4) is 0 Å². The molecule has 1 amide bonds. The van der Waals surface area contributed by atoms with Crippen molar-refractivity contribution in [2.45, 2.75) is 19.5 Å². The van der Waals surface area contributed by atoms with Crippen molar-refractivity contribution >= 4 is 18.3 Å². The molecule has 0 spiro atoms. The van der Waals surface area contributed by atoms with E-state index >= 15 is 0 Å². The first-order chi connectivity index (χ1) is 12.2. The lowest BCUT2D eigenvalue weighted by Crippen LogP contribution is -2.35. The van der Waals surface area contributed by atoms with E-state index in [-0.39, 0.29) is 30.9 Å². The summed E-state index contributed by atoms with van der Waals surface area (Å²) in [5, 5.41) is 6.82. The lowest BCUT2D eigenvalue weighted by molar-refractivity contribution is -0.143. The largest absolute Gasteiger partial charge is 0.435 e. The summed E-state index contributed by atoms with van der Waals surface area (Å²) in [5.74, 6) is -1.80. The fourth-order valence-electron chi connectivity index (χ4n) is 2.99. The molecular formula is C16H18ClF4N5O. The number of amides is 1. The van der Waals surface area contributed by atoms with Gasteiger partial charge in [-0.25, -0.2) is 9.07 Å². The van der Waals surface area contributed by atoms with Gasteiger partial charge in [-0.1, -0.05) is 24.3 Å². The van der Waals surface area contributed by atoms with Crippen LogP contribution in [0, 0.1) is 11.2 Å². The molecule has 1 fully saturated rings. The van der Waals surface area contributed by atoms with Crippen molar-refractivity contribution in [2.75, 3.05) is 19.6 Å². The summed E-state index contributed by atoms with van der Waals surface area (Å²) < 4.78 is 55.1. The fourth-order valence-corrected chi connectivity index (χ4v) is 2.99. The van der Waals surface area contributed by atoms with E-state index in [0.717, 1.165) is 12.1 Å². The van der Waals surface area contributed by atoms with Crippen molar-refractivity contribution in [3.05, 3.63) is 41.5 Å². The van der Waals surface area contributed by atoms with E-state index in [2.05, 4.69) is 10.3 Å². The molecule has 0 bridgehead atoms. The molecule has 1 unspecified atom stereocenters. The van der Waals surface area contributed by atoms with Gasteiger partial charge >= 0.3 is 6.18 Å². The van der Waals surface area contributed by atoms with Crippen molar-refractivity contribution in [3.8, 4) is 5.69 Å². The molecule has 2 aromatic rings. The highest BCUT2D eigenvalue weighted by molar-refractivity contribution is 5.93. The molecule has 1 aromatic heterocycles. The molecule has 2 N–H and O–H groups in total. The zero-order valence-electron chi connectivity index (χ0n) is 14.3. The minimum atomic E-state index is -4.94. The Balaban J connectivity index is 0.00000261. The van der Waals surface area contributed by atoms with Gasteiger partial charge in [0.2, 0.25) is 0 Å². The Hall–Kier alpha value is -2.20. The second-order valence-corrected chi connectivity index (χ2v) is 6.64. The predicted octanol–water partition coefficient (Wildman–Crippen LogP) is 2.66. The van der Waals surface area contributed by atoms with E-state index in [0.29, 0.717) is 17.6 Å². The van der Waals surface area contributed by atoms with Crippen LogP contribution in [0.2, 0.25) is 0 Å². The maximum atomic E-state index is 13.9. The summed E-state index contributed by atoms with van der Waals surface area (Å²) in [4.78, 5) is 13.9. The Morgan fingerprint density at radius 3 is 2.56 bits per heavy atom. The molecule has 1 aromatic carbocycles. The molecule has 27 heavy (non-hydrogen) atoms. The summed E-state index contributed by atoms with van der Waals surface area (Å²) in [6.45, 7) is 2.68. The summed E-state index contributed by atoms with van der Waals surface area (Å²) in [5.41, 5.74) is 2.65. The minimum Gasteiger partial charge on any atom is -0.337 e. The molecule has 0 radical (unpaired) electrons. The van der Waals surface area contributed by atoms with Gasteiger partial charge in [0.15, 0.2) is 11.4 Å². The predicted molar refractivity (Wildman–Crippen MR) is 91.2 cm³/mol. The van der Waals surface area contributed by atoms with E-state index in [1.807, 2.05) is 6.92 Å². The molecule has 1 atom stereocenters. The van der Waals surface area contributed by atoms with E-state index in [1.165, 1.54) is 17.0 Å². The van der Waals surface area contributed by atoms with Crippen LogP contribution < -0.4 is 5.73 Å². The van der Waals surface area contributed by atoms with Gasteiger partial charge in [-0.15, -0.1) is 17.5 Å². The Kier molecular flexibility index (Phi) is 5.81. The number of carbonyl (C=O) groups is 1. The molecule has 1 aliphatic heterocycles. The van der Waals surface area contributed by atoms with Crippen LogP contribution in [-0.2, 0) is 6.18 Å². The monoisotopic (exact) mass is 407 g/mol. The standard InChI is InChI=1S/C16H17F4N5O.ClH/c1-15(8-21)6-7-24(9-15)14(26)12-13(16(18,19)20)25(23-22-12)11-5-3-2-4-10(11)17;/h2-5H,6-9,21H2,1H3;1H. The third-order valence-electron chi connectivity index (χ3n) is 4.56. The molecule has 148 valence electrons. The average molecular weight is 408 g/mol. The zero-order chi connectivity index (χ0) is 19.1. The van der Waals surface area contributed by atoms with Gasteiger partial charge in [-0.2, -0.15) is 13.2 Å². The van der Waals surface area contributed by atoms with E-state index in [1.54, 1.807) is 0 Å². The van der Waals surface area contributed by atoms with Crippen molar-refractivity contribution in [1.29, 1.82) is 0 Å². The Morgan fingerprint density at radius 1 is 1.33 bits per heavy atom. The zero-order valence-corrected chi connectivity index (χ0v) is 15.1. The number of likely N-dealkylation sites (tertiary alicyclic amines) is 1. The summed E-state index contributed by atoms with van der Waals surface area (Å²) in [6, 6.07) is 4.85. The highest BCUT2D eigenvalue weighted by Gasteiger charge is 2.45. The van der Waals surface area contributed by atoms with Gasteiger partial charge < -0.3 is 10.6 Å². The molecule has 2 heterocycles. The van der Waals surface area contributed by atoms with E-state index < -0.39 is 35.0 Å². The molecular weight excluding hydrogens is 390 g/mol. The molecule has 6 nitrogen and oxygen atoms in total. The van der Waals surface area contributed by atoms with Gasteiger partial charge in [0, 0.05) is 13.1 Å². The van der Waals surface area contributed by atoms with Crippen molar-refractivity contribution in [3.63, 3.8) is 0 Å². The highest BCUT2D eigenvalue weighted by Crippen LogP contribution is 2.35. The van der Waals surface area contributed by atoms with Crippen molar-refractivity contribution in [2.24, 2.45) is 11.1 Å². The van der Waals surface area contributed by atoms with Crippen molar-refractivity contribution in [1.82, 2.24) is 19.9 Å². The Labute approximate surface area is 158 Å². The SMILES string of the molecule is CC1(CN)CCN(C(=O)c2nnn(-c3ccccc3F)c2C(F)(F)F)C1.Cl. The number of nitrogens with two attached hydrogens (primary N) is 1. The highest BCUT2D eigenvalue weighted by atomic mass is 35.5. The number of halogens is 5. The molecule has 3 rings (SSSR count). The summed E-state index contributed by atoms with van der Waals surface area (Å²) >= 11 is 0. The van der Waals surface area contributed by atoms with Crippen LogP contribution in [0.25, 0.3) is 5.69 Å². The maximum Gasteiger partial charge on any atom is 0.435 e. The quantitative estimate of drug-likeness (QED) is 0.793. The number of nitrogens with zero attached hydrogens (tertiary/aromatic N) is 4. The van der Waals surface area contributed by atoms with Crippen LogP contribution in [0.4, 0.5) is 17.6 Å². The first kappa shape index (κ1) is 21.1. The number of carbonyl (C=O) groups excluding carboxylic acids is 1.